The molecule has 0 saturated carbocycles. The topological polar surface area (TPSA) is 96.2 Å². The average molecular weight is 222 g/mol. The fourth-order valence-electron chi connectivity index (χ4n) is 1.15. The van der Waals surface area contributed by atoms with E-state index in [9.17, 15) is 9.67 Å². The number of phosphoric acid groups is 1. The molecule has 1 fully saturated rings. The van der Waals surface area contributed by atoms with Crippen LogP contribution in [0.5, 0.6) is 0 Å². The van der Waals surface area contributed by atoms with Gasteiger partial charge < -0.3 is 19.6 Å². The Bertz CT molecular complexity index is 304. The molecule has 0 aliphatic carbocycles. The van der Waals surface area contributed by atoms with Crippen LogP contribution in [0, 0.1) is 12.3 Å². The molecule has 0 spiro atoms. The molecule has 80 valence electrons. The first-order valence-corrected chi connectivity index (χ1v) is 5.37. The SMILES string of the molecule is C#C[C@]1(C)O[C@H](OP(=O)(O)O)C[C@@H]1O. The van der Waals surface area contributed by atoms with E-state index in [0.29, 0.717) is 0 Å². The maximum atomic E-state index is 10.5. The van der Waals surface area contributed by atoms with Crippen molar-refractivity contribution in [1.82, 2.24) is 0 Å². The highest BCUT2D eigenvalue weighted by Gasteiger charge is 2.45. The molecule has 0 aromatic rings. The molecular weight excluding hydrogens is 211 g/mol. The van der Waals surface area contributed by atoms with Gasteiger partial charge in [0, 0.05) is 6.42 Å². The van der Waals surface area contributed by atoms with Crippen molar-refractivity contribution >= 4 is 7.82 Å². The van der Waals surface area contributed by atoms with E-state index in [0.717, 1.165) is 0 Å². The van der Waals surface area contributed by atoms with Gasteiger partial charge in [0.1, 0.15) is 0 Å². The summed E-state index contributed by atoms with van der Waals surface area (Å²) in [6.07, 6.45) is 2.87. The van der Waals surface area contributed by atoms with Crippen LogP contribution < -0.4 is 0 Å². The first-order chi connectivity index (χ1) is 6.27. The van der Waals surface area contributed by atoms with Crippen molar-refractivity contribution in [3.05, 3.63) is 0 Å². The first kappa shape index (κ1) is 11.7. The molecule has 1 aliphatic rings. The molecule has 0 radical (unpaired) electrons. The second-order valence-corrected chi connectivity index (χ2v) is 4.34. The van der Waals surface area contributed by atoms with Crippen molar-refractivity contribution in [3.63, 3.8) is 0 Å². The predicted octanol–water partition coefficient (Wildman–Crippen LogP) is -0.405. The maximum absolute atomic E-state index is 10.5. The Morgan fingerprint density at radius 1 is 1.71 bits per heavy atom. The van der Waals surface area contributed by atoms with E-state index in [1.54, 1.807) is 0 Å². The minimum absolute atomic E-state index is 0.0637. The highest BCUT2D eigenvalue weighted by atomic mass is 31.2. The molecule has 0 aromatic heterocycles. The predicted molar refractivity (Wildman–Crippen MR) is 45.9 cm³/mol. The van der Waals surface area contributed by atoms with Crippen molar-refractivity contribution in [2.45, 2.75) is 31.3 Å². The van der Waals surface area contributed by atoms with Gasteiger partial charge in [-0.1, -0.05) is 5.92 Å². The summed E-state index contributed by atoms with van der Waals surface area (Å²) >= 11 is 0. The Morgan fingerprint density at radius 2 is 2.29 bits per heavy atom. The molecule has 7 heteroatoms. The third kappa shape index (κ3) is 2.55. The van der Waals surface area contributed by atoms with Crippen LogP contribution in [0.3, 0.4) is 0 Å². The summed E-state index contributed by atoms with van der Waals surface area (Å²) < 4.78 is 19.7. The Morgan fingerprint density at radius 3 is 2.64 bits per heavy atom. The Hall–Kier alpha value is -0.410. The summed E-state index contributed by atoms with van der Waals surface area (Å²) in [5.74, 6) is 2.20. The van der Waals surface area contributed by atoms with Crippen LogP contribution in [0.2, 0.25) is 0 Å². The Kier molecular flexibility index (Phi) is 3.02. The fourth-order valence-corrected chi connectivity index (χ4v) is 1.59. The van der Waals surface area contributed by atoms with Gasteiger partial charge in [0.25, 0.3) is 0 Å². The largest absolute Gasteiger partial charge is 0.471 e. The summed E-state index contributed by atoms with van der Waals surface area (Å²) in [6, 6.07) is 0. The Balaban J connectivity index is 2.66. The summed E-state index contributed by atoms with van der Waals surface area (Å²) in [5, 5.41) is 9.41. The minimum atomic E-state index is -4.61. The van der Waals surface area contributed by atoms with Crippen LogP contribution in [0.4, 0.5) is 0 Å². The smallest absolute Gasteiger partial charge is 0.389 e. The molecule has 1 saturated heterocycles. The van der Waals surface area contributed by atoms with Gasteiger partial charge in [-0.15, -0.1) is 6.42 Å². The molecule has 1 rings (SSSR count). The normalized spacial score (nSPS) is 38.2. The van der Waals surface area contributed by atoms with Crippen molar-refractivity contribution in [3.8, 4) is 12.3 Å². The lowest BCUT2D eigenvalue weighted by atomic mass is 10.0. The van der Waals surface area contributed by atoms with E-state index in [1.165, 1.54) is 6.92 Å². The molecule has 0 unspecified atom stereocenters. The first-order valence-electron chi connectivity index (χ1n) is 3.84. The van der Waals surface area contributed by atoms with Gasteiger partial charge in [-0.05, 0) is 6.92 Å². The second kappa shape index (κ2) is 3.63. The molecule has 6 nitrogen and oxygen atoms in total. The lowest BCUT2D eigenvalue weighted by Gasteiger charge is -2.20. The zero-order valence-corrected chi connectivity index (χ0v) is 8.35. The van der Waals surface area contributed by atoms with Gasteiger partial charge in [0.05, 0.1) is 6.10 Å². The van der Waals surface area contributed by atoms with Gasteiger partial charge in [-0.2, -0.15) is 0 Å². The third-order valence-corrected chi connectivity index (χ3v) is 2.48. The summed E-state index contributed by atoms with van der Waals surface area (Å²) in [4.78, 5) is 17.0. The molecule has 3 atom stereocenters. The van der Waals surface area contributed by atoms with E-state index >= 15 is 0 Å². The minimum Gasteiger partial charge on any atom is -0.389 e. The monoisotopic (exact) mass is 222 g/mol. The molecule has 3 N–H and O–H groups in total. The van der Waals surface area contributed by atoms with Gasteiger partial charge >= 0.3 is 7.82 Å². The summed E-state index contributed by atoms with van der Waals surface area (Å²) in [5.41, 5.74) is -1.25. The summed E-state index contributed by atoms with van der Waals surface area (Å²) in [6.45, 7) is 1.45. The van der Waals surface area contributed by atoms with E-state index < -0.39 is 25.8 Å². The van der Waals surface area contributed by atoms with Gasteiger partial charge in [0.15, 0.2) is 11.9 Å². The van der Waals surface area contributed by atoms with Crippen LogP contribution in [-0.4, -0.2) is 32.9 Å². The molecular formula is C7H11O6P. The number of ether oxygens (including phenoxy) is 1. The second-order valence-electron chi connectivity index (χ2n) is 3.15. The number of aliphatic hydroxyl groups is 1. The van der Waals surface area contributed by atoms with Crippen LogP contribution in [0.1, 0.15) is 13.3 Å². The number of terminal acetylenes is 1. The highest BCUT2D eigenvalue weighted by Crippen LogP contribution is 2.42. The number of hydrogen-bond acceptors (Lipinski definition) is 4. The number of rotatable bonds is 2. The van der Waals surface area contributed by atoms with Crippen LogP contribution in [-0.2, 0) is 13.8 Å². The molecule has 1 heterocycles. The lowest BCUT2D eigenvalue weighted by Crippen LogP contribution is -2.33. The van der Waals surface area contributed by atoms with Gasteiger partial charge in [-0.3, -0.25) is 4.52 Å². The van der Waals surface area contributed by atoms with Crippen molar-refractivity contribution in [2.75, 3.05) is 0 Å². The van der Waals surface area contributed by atoms with Crippen LogP contribution in [0.25, 0.3) is 0 Å². The van der Waals surface area contributed by atoms with E-state index in [-0.39, 0.29) is 6.42 Å². The number of hydrogen-bond donors (Lipinski definition) is 3. The van der Waals surface area contributed by atoms with E-state index in [2.05, 4.69) is 10.4 Å². The molecule has 0 amide bonds. The summed E-state index contributed by atoms with van der Waals surface area (Å²) in [7, 11) is -4.61. The van der Waals surface area contributed by atoms with Gasteiger partial charge in [0.2, 0.25) is 0 Å². The average Bonchev–Trinajstić information content (AvgIpc) is 2.25. The number of phosphoric ester groups is 1. The third-order valence-electron chi connectivity index (χ3n) is 1.97. The maximum Gasteiger partial charge on any atom is 0.471 e. The van der Waals surface area contributed by atoms with E-state index in [4.69, 9.17) is 20.9 Å². The lowest BCUT2D eigenvalue weighted by molar-refractivity contribution is -0.111. The van der Waals surface area contributed by atoms with Crippen LogP contribution >= 0.6 is 7.82 Å². The standard InChI is InChI=1S/C7H11O6P/c1-3-7(2)5(8)4-6(12-7)13-14(9,10)11/h1,5-6,8H,4H2,2H3,(H2,9,10,11)/t5-,6+,7-/m0/s1. The van der Waals surface area contributed by atoms with Crippen molar-refractivity contribution < 1.29 is 28.7 Å². The van der Waals surface area contributed by atoms with Crippen molar-refractivity contribution in [2.24, 2.45) is 0 Å². The van der Waals surface area contributed by atoms with Gasteiger partial charge in [-0.25, -0.2) is 4.57 Å². The zero-order chi connectivity index (χ0) is 11.0. The van der Waals surface area contributed by atoms with Crippen molar-refractivity contribution in [1.29, 1.82) is 0 Å². The molecule has 14 heavy (non-hydrogen) atoms. The molecule has 0 aromatic carbocycles. The van der Waals surface area contributed by atoms with Crippen LogP contribution in [0.15, 0.2) is 0 Å². The zero-order valence-electron chi connectivity index (χ0n) is 7.45. The number of aliphatic hydroxyl groups excluding tert-OH is 1. The highest BCUT2D eigenvalue weighted by molar-refractivity contribution is 7.46. The quantitative estimate of drug-likeness (QED) is 0.434. The van der Waals surface area contributed by atoms with E-state index in [1.807, 2.05) is 0 Å². The Labute approximate surface area is 81.1 Å². The fraction of sp³-hybridized carbons (Fsp3) is 0.714. The molecule has 0 bridgehead atoms. The molecule has 1 aliphatic heterocycles.